The first kappa shape index (κ1) is 31.0. The van der Waals surface area contributed by atoms with E-state index < -0.39 is 23.4 Å². The van der Waals surface area contributed by atoms with Crippen molar-refractivity contribution >= 4 is 35.3 Å². The third-order valence-electron chi connectivity index (χ3n) is 6.27. The van der Waals surface area contributed by atoms with Crippen LogP contribution in [0.4, 0.5) is 10.5 Å². The highest BCUT2D eigenvalue weighted by atomic mass is 32.2. The first-order valence-electron chi connectivity index (χ1n) is 13.8. The van der Waals surface area contributed by atoms with Crippen LogP contribution >= 0.6 is 11.8 Å². The highest BCUT2D eigenvalue weighted by molar-refractivity contribution is 7.99. The van der Waals surface area contributed by atoms with Crippen LogP contribution in [0.2, 0.25) is 0 Å². The summed E-state index contributed by atoms with van der Waals surface area (Å²) in [5.41, 5.74) is 0.534. The normalized spacial score (nSPS) is 14.0. The lowest BCUT2D eigenvalue weighted by molar-refractivity contribution is 0.0514. The molecule has 1 aliphatic rings. The molecular formula is C29H37N7O5S. The van der Waals surface area contributed by atoms with Crippen molar-refractivity contribution < 1.29 is 23.9 Å². The van der Waals surface area contributed by atoms with Gasteiger partial charge in [0.15, 0.2) is 5.16 Å². The molecule has 0 unspecified atom stereocenters. The molecule has 1 N–H and O–H groups in total. The Hall–Kier alpha value is -3.97. The number of carbonyl (C=O) groups is 3. The highest BCUT2D eigenvalue weighted by Gasteiger charge is 2.25. The average molecular weight is 596 g/mol. The van der Waals surface area contributed by atoms with Crippen molar-refractivity contribution in [2.24, 2.45) is 0 Å². The number of amides is 1. The number of likely N-dealkylation sites (N-methyl/N-ethyl adjacent to an activating group) is 1. The molecule has 42 heavy (non-hydrogen) atoms. The molecule has 224 valence electrons. The van der Waals surface area contributed by atoms with Gasteiger partial charge in [-0.3, -0.25) is 9.48 Å². The molecule has 0 spiro atoms. The summed E-state index contributed by atoms with van der Waals surface area (Å²) in [4.78, 5) is 52.4. The number of piperazine rings is 1. The molecule has 4 rings (SSSR count). The van der Waals surface area contributed by atoms with Crippen molar-refractivity contribution in [2.75, 3.05) is 51.3 Å². The van der Waals surface area contributed by atoms with Crippen molar-refractivity contribution in [1.29, 1.82) is 0 Å². The van der Waals surface area contributed by atoms with Crippen LogP contribution in [-0.2, 0) is 16.0 Å². The van der Waals surface area contributed by atoms with Gasteiger partial charge in [0, 0.05) is 55.7 Å². The van der Waals surface area contributed by atoms with Crippen molar-refractivity contribution in [1.82, 2.24) is 30.0 Å². The van der Waals surface area contributed by atoms with Gasteiger partial charge in [-0.05, 0) is 76.8 Å². The first-order chi connectivity index (χ1) is 20.0. The standard InChI is InChI=1S/C29H37N7O5S/c1-6-40-26(38)22-19-31-27(42-21-9-7-20(8-10-21)35-17-15-34(5)16-18-35)32-24(22)25(37)23-11-13-36(33-23)14-12-30-28(39)41-29(2,3)4/h7-11,13,19H,6,12,14-18H2,1-5H3,(H,30,39). The minimum absolute atomic E-state index is 0.0299. The lowest BCUT2D eigenvalue weighted by Crippen LogP contribution is -2.44. The maximum atomic E-state index is 13.5. The minimum Gasteiger partial charge on any atom is -0.462 e. The zero-order valence-corrected chi connectivity index (χ0v) is 25.4. The van der Waals surface area contributed by atoms with E-state index in [0.717, 1.165) is 36.8 Å². The maximum Gasteiger partial charge on any atom is 0.407 e. The molecule has 1 saturated heterocycles. The van der Waals surface area contributed by atoms with E-state index in [4.69, 9.17) is 9.47 Å². The smallest absolute Gasteiger partial charge is 0.407 e. The zero-order valence-electron chi connectivity index (χ0n) is 24.6. The molecule has 1 aliphatic heterocycles. The van der Waals surface area contributed by atoms with E-state index in [1.165, 1.54) is 28.7 Å². The van der Waals surface area contributed by atoms with E-state index >= 15 is 0 Å². The maximum absolute atomic E-state index is 13.5. The van der Waals surface area contributed by atoms with Gasteiger partial charge in [-0.2, -0.15) is 5.10 Å². The Balaban J connectivity index is 1.47. The second-order valence-corrected chi connectivity index (χ2v) is 11.8. The fraction of sp³-hybridized carbons (Fsp3) is 0.448. The van der Waals surface area contributed by atoms with E-state index in [1.807, 2.05) is 12.1 Å². The van der Waals surface area contributed by atoms with Crippen molar-refractivity contribution in [3.63, 3.8) is 0 Å². The number of anilines is 1. The monoisotopic (exact) mass is 595 g/mol. The summed E-state index contributed by atoms with van der Waals surface area (Å²) in [5, 5.41) is 7.30. The Morgan fingerprint density at radius 3 is 2.43 bits per heavy atom. The number of benzene rings is 1. The van der Waals surface area contributed by atoms with Crippen LogP contribution < -0.4 is 10.2 Å². The van der Waals surface area contributed by atoms with Gasteiger partial charge in [-0.15, -0.1) is 0 Å². The summed E-state index contributed by atoms with van der Waals surface area (Å²) in [6, 6.07) is 9.66. The number of rotatable bonds is 10. The van der Waals surface area contributed by atoms with Gasteiger partial charge >= 0.3 is 12.1 Å². The molecular weight excluding hydrogens is 558 g/mol. The fourth-order valence-electron chi connectivity index (χ4n) is 4.16. The molecule has 0 radical (unpaired) electrons. The summed E-state index contributed by atoms with van der Waals surface area (Å²) in [7, 11) is 2.13. The van der Waals surface area contributed by atoms with Gasteiger partial charge in [-0.25, -0.2) is 19.6 Å². The molecule has 1 amide bonds. The Morgan fingerprint density at radius 2 is 1.76 bits per heavy atom. The van der Waals surface area contributed by atoms with E-state index in [2.05, 4.69) is 49.4 Å². The number of nitrogens with one attached hydrogen (secondary N) is 1. The van der Waals surface area contributed by atoms with Gasteiger partial charge in [0.1, 0.15) is 22.6 Å². The van der Waals surface area contributed by atoms with Gasteiger partial charge in [0.25, 0.3) is 0 Å². The lowest BCUT2D eigenvalue weighted by atomic mass is 10.1. The molecule has 0 saturated carbocycles. The summed E-state index contributed by atoms with van der Waals surface area (Å²) in [5.74, 6) is -1.22. The summed E-state index contributed by atoms with van der Waals surface area (Å²) in [6.45, 7) is 11.7. The van der Waals surface area contributed by atoms with Crippen LogP contribution in [-0.4, -0.2) is 94.5 Å². The van der Waals surface area contributed by atoms with E-state index in [9.17, 15) is 14.4 Å². The Bertz CT molecular complexity index is 1400. The number of nitrogens with zero attached hydrogens (tertiary/aromatic N) is 6. The van der Waals surface area contributed by atoms with Gasteiger partial charge in [0.05, 0.1) is 13.2 Å². The molecule has 3 heterocycles. The lowest BCUT2D eigenvalue weighted by Gasteiger charge is -2.34. The number of esters is 1. The molecule has 3 aromatic rings. The summed E-state index contributed by atoms with van der Waals surface area (Å²) < 4.78 is 11.9. The van der Waals surface area contributed by atoms with Crippen LogP contribution in [0.25, 0.3) is 0 Å². The topological polar surface area (TPSA) is 132 Å². The van der Waals surface area contributed by atoms with Crippen LogP contribution in [0.15, 0.2) is 52.8 Å². The molecule has 1 fully saturated rings. The number of carbonyl (C=O) groups excluding carboxylic acids is 3. The van der Waals surface area contributed by atoms with Gasteiger partial charge in [-0.1, -0.05) is 0 Å². The van der Waals surface area contributed by atoms with E-state index in [0.29, 0.717) is 11.7 Å². The largest absolute Gasteiger partial charge is 0.462 e. The second-order valence-electron chi connectivity index (χ2n) is 10.7. The summed E-state index contributed by atoms with van der Waals surface area (Å²) in [6.07, 6.45) is 2.40. The Kier molecular flexibility index (Phi) is 10.2. The van der Waals surface area contributed by atoms with Crippen LogP contribution in [0.3, 0.4) is 0 Å². The SMILES string of the molecule is CCOC(=O)c1cnc(Sc2ccc(N3CCN(C)CC3)cc2)nc1C(=O)c1ccn(CCNC(=O)OC(C)(C)C)n1. The molecule has 0 atom stereocenters. The molecule has 13 heteroatoms. The molecule has 0 aliphatic carbocycles. The number of alkyl carbamates (subject to hydrolysis) is 1. The number of hydrogen-bond donors (Lipinski definition) is 1. The number of hydrogen-bond acceptors (Lipinski definition) is 11. The Labute approximate surface area is 249 Å². The highest BCUT2D eigenvalue weighted by Crippen LogP contribution is 2.28. The third kappa shape index (κ3) is 8.52. The van der Waals surface area contributed by atoms with E-state index in [-0.39, 0.29) is 30.1 Å². The third-order valence-corrected chi connectivity index (χ3v) is 7.16. The number of aromatic nitrogens is 4. The number of ether oxygens (including phenoxy) is 2. The van der Waals surface area contributed by atoms with Crippen LogP contribution in [0.5, 0.6) is 0 Å². The fourth-order valence-corrected chi connectivity index (χ4v) is 4.88. The quantitative estimate of drug-likeness (QED) is 0.210. The van der Waals surface area contributed by atoms with Crippen molar-refractivity contribution in [3.8, 4) is 0 Å². The number of ketones is 1. The predicted molar refractivity (Wildman–Crippen MR) is 158 cm³/mol. The van der Waals surface area contributed by atoms with Crippen LogP contribution in [0, 0.1) is 0 Å². The average Bonchev–Trinajstić information content (AvgIpc) is 3.41. The molecule has 0 bridgehead atoms. The Morgan fingerprint density at radius 1 is 1.05 bits per heavy atom. The predicted octanol–water partition coefficient (Wildman–Crippen LogP) is 3.51. The molecule has 2 aromatic heterocycles. The van der Waals surface area contributed by atoms with Gasteiger partial charge < -0.3 is 24.6 Å². The van der Waals surface area contributed by atoms with E-state index in [1.54, 1.807) is 33.9 Å². The first-order valence-corrected chi connectivity index (χ1v) is 14.6. The van der Waals surface area contributed by atoms with Crippen LogP contribution in [0.1, 0.15) is 54.2 Å². The van der Waals surface area contributed by atoms with Crippen molar-refractivity contribution in [2.45, 2.75) is 49.9 Å². The molecule has 12 nitrogen and oxygen atoms in total. The van der Waals surface area contributed by atoms with Gasteiger partial charge in [0.2, 0.25) is 5.78 Å². The minimum atomic E-state index is -0.685. The summed E-state index contributed by atoms with van der Waals surface area (Å²) >= 11 is 1.30. The molecule has 1 aromatic carbocycles. The van der Waals surface area contributed by atoms with Crippen molar-refractivity contribution in [3.05, 3.63) is 59.7 Å². The second kappa shape index (κ2) is 13.8. The zero-order chi connectivity index (χ0) is 30.3.